The second-order valence-electron chi connectivity index (χ2n) is 8.15. The summed E-state index contributed by atoms with van der Waals surface area (Å²) in [7, 11) is 1.54. The summed E-state index contributed by atoms with van der Waals surface area (Å²) in [6.45, 7) is 0.460. The highest BCUT2D eigenvalue weighted by molar-refractivity contribution is 6.29. The van der Waals surface area contributed by atoms with E-state index in [0.29, 0.717) is 35.9 Å². The largest absolute Gasteiger partial charge is 0.509 e. The fourth-order valence-corrected chi connectivity index (χ4v) is 3.68. The van der Waals surface area contributed by atoms with Crippen LogP contribution < -0.4 is 19.7 Å². The molecule has 0 radical (unpaired) electrons. The minimum atomic E-state index is -0.758. The molecule has 1 heterocycles. The molecule has 186 valence electrons. The van der Waals surface area contributed by atoms with E-state index in [2.05, 4.69) is 5.32 Å². The minimum absolute atomic E-state index is 0.0831. The first-order chi connectivity index (χ1) is 16.9. The van der Waals surface area contributed by atoms with Crippen LogP contribution in [0, 0.1) is 0 Å². The molecule has 2 amide bonds. The number of nitrogens with zero attached hydrogens (tertiary/aromatic N) is 1. The highest BCUT2D eigenvalue weighted by atomic mass is 16.5. The van der Waals surface area contributed by atoms with Crippen LogP contribution in [0.15, 0.2) is 59.9 Å². The lowest BCUT2D eigenvalue weighted by atomic mass is 10.1. The average Bonchev–Trinajstić information content (AvgIpc) is 3.15. The van der Waals surface area contributed by atoms with Crippen molar-refractivity contribution in [2.45, 2.75) is 38.5 Å². The van der Waals surface area contributed by atoms with Crippen molar-refractivity contribution in [2.24, 2.45) is 0 Å². The summed E-state index contributed by atoms with van der Waals surface area (Å²) in [5.74, 6) is -1.01. The molecule has 9 nitrogen and oxygen atoms in total. The first kappa shape index (κ1) is 25.6. The molecule has 0 aliphatic carbocycles. The van der Waals surface area contributed by atoms with Crippen LogP contribution in [0.3, 0.4) is 0 Å². The molecule has 0 unspecified atom stereocenters. The molecule has 3 rings (SSSR count). The number of methoxy groups -OCH3 is 1. The van der Waals surface area contributed by atoms with Crippen molar-refractivity contribution in [1.82, 2.24) is 0 Å². The Morgan fingerprint density at radius 1 is 0.943 bits per heavy atom. The number of carbonyl (C=O) groups excluding carboxylic acids is 2. The summed E-state index contributed by atoms with van der Waals surface area (Å²) in [5, 5.41) is 21.5. The number of benzene rings is 2. The summed E-state index contributed by atoms with van der Waals surface area (Å²) in [6, 6.07) is 13.5. The number of aliphatic hydroxyl groups is 1. The van der Waals surface area contributed by atoms with Crippen LogP contribution in [0.2, 0.25) is 0 Å². The SMILES string of the molecule is COc1ccc(N2CC(O)=C(C(=O)Nc3ccc(OCCCCCCCC(=O)O)cc3)C2=O)cc1. The van der Waals surface area contributed by atoms with Crippen LogP contribution in [0.25, 0.3) is 0 Å². The summed E-state index contributed by atoms with van der Waals surface area (Å²) < 4.78 is 10.8. The first-order valence-corrected chi connectivity index (χ1v) is 11.5. The zero-order chi connectivity index (χ0) is 25.2. The van der Waals surface area contributed by atoms with Crippen LogP contribution in [-0.2, 0) is 14.4 Å². The maximum atomic E-state index is 12.8. The van der Waals surface area contributed by atoms with Crippen molar-refractivity contribution in [3.05, 3.63) is 59.9 Å². The average molecular weight is 483 g/mol. The molecule has 0 aromatic heterocycles. The van der Waals surface area contributed by atoms with Gasteiger partial charge >= 0.3 is 5.97 Å². The Morgan fingerprint density at radius 3 is 2.23 bits per heavy atom. The van der Waals surface area contributed by atoms with Gasteiger partial charge in [0.1, 0.15) is 22.8 Å². The quantitative estimate of drug-likeness (QED) is 0.287. The molecular weight excluding hydrogens is 452 g/mol. The van der Waals surface area contributed by atoms with E-state index in [1.54, 1.807) is 55.6 Å². The molecule has 0 saturated heterocycles. The van der Waals surface area contributed by atoms with Gasteiger partial charge in [0.05, 0.1) is 20.3 Å². The van der Waals surface area contributed by atoms with E-state index in [1.807, 2.05) is 0 Å². The smallest absolute Gasteiger partial charge is 0.303 e. The van der Waals surface area contributed by atoms with Gasteiger partial charge in [-0.3, -0.25) is 14.4 Å². The maximum Gasteiger partial charge on any atom is 0.303 e. The lowest BCUT2D eigenvalue weighted by molar-refractivity contribution is -0.137. The number of aliphatic hydroxyl groups excluding tert-OH is 1. The van der Waals surface area contributed by atoms with Gasteiger partial charge in [-0.15, -0.1) is 0 Å². The van der Waals surface area contributed by atoms with Crippen LogP contribution in [0.1, 0.15) is 38.5 Å². The monoisotopic (exact) mass is 482 g/mol. The standard InChI is InChI=1S/C26H30N2O7/c1-34-20-14-10-19(11-15-20)28-17-22(29)24(26(28)33)25(32)27-18-8-12-21(13-9-18)35-16-6-4-2-3-5-7-23(30)31/h8-15,29H,2-7,16-17H2,1H3,(H,27,32)(H,30,31). The highest BCUT2D eigenvalue weighted by Gasteiger charge is 2.36. The summed E-state index contributed by atoms with van der Waals surface area (Å²) in [6.07, 6.45) is 4.61. The fraction of sp³-hybridized carbons (Fsp3) is 0.346. The number of nitrogens with one attached hydrogen (secondary N) is 1. The van der Waals surface area contributed by atoms with E-state index in [0.717, 1.165) is 25.7 Å². The molecule has 1 aliphatic heterocycles. The molecule has 2 aromatic rings. The lowest BCUT2D eigenvalue weighted by Gasteiger charge is -2.16. The van der Waals surface area contributed by atoms with Gasteiger partial charge in [-0.05, 0) is 61.4 Å². The third-order valence-corrected chi connectivity index (χ3v) is 5.58. The molecule has 3 N–H and O–H groups in total. The summed E-state index contributed by atoms with van der Waals surface area (Å²) in [5.41, 5.74) is 0.730. The number of carboxylic acids is 1. The van der Waals surface area contributed by atoms with Gasteiger partial charge < -0.3 is 29.9 Å². The molecule has 0 spiro atoms. The van der Waals surface area contributed by atoms with Crippen LogP contribution in [0.4, 0.5) is 11.4 Å². The third-order valence-electron chi connectivity index (χ3n) is 5.58. The van der Waals surface area contributed by atoms with Gasteiger partial charge in [-0.25, -0.2) is 0 Å². The van der Waals surface area contributed by atoms with Gasteiger partial charge in [0.15, 0.2) is 0 Å². The van der Waals surface area contributed by atoms with Crippen molar-refractivity contribution in [1.29, 1.82) is 0 Å². The number of carboxylic acid groups (broad SMARTS) is 1. The normalized spacial score (nSPS) is 13.2. The Labute approximate surface area is 204 Å². The van der Waals surface area contributed by atoms with Gasteiger partial charge in [0.2, 0.25) is 0 Å². The number of unbranched alkanes of at least 4 members (excludes halogenated alkanes) is 4. The Hall–Kier alpha value is -4.01. The topological polar surface area (TPSA) is 125 Å². The Bertz CT molecular complexity index is 1060. The molecule has 9 heteroatoms. The number of ether oxygens (including phenoxy) is 2. The van der Waals surface area contributed by atoms with Crippen LogP contribution in [-0.4, -0.2) is 48.3 Å². The van der Waals surface area contributed by atoms with Gasteiger partial charge in [0.25, 0.3) is 11.8 Å². The minimum Gasteiger partial charge on any atom is -0.509 e. The number of carbonyl (C=O) groups is 3. The molecule has 0 atom stereocenters. The number of hydrogen-bond donors (Lipinski definition) is 3. The van der Waals surface area contributed by atoms with E-state index in [4.69, 9.17) is 14.6 Å². The summed E-state index contributed by atoms with van der Waals surface area (Å²) >= 11 is 0. The van der Waals surface area contributed by atoms with Crippen LogP contribution >= 0.6 is 0 Å². The van der Waals surface area contributed by atoms with Crippen molar-refractivity contribution in [3.63, 3.8) is 0 Å². The Kier molecular flexibility index (Phi) is 9.11. The molecule has 2 aromatic carbocycles. The maximum absolute atomic E-state index is 12.8. The number of rotatable bonds is 13. The van der Waals surface area contributed by atoms with Crippen molar-refractivity contribution in [2.75, 3.05) is 30.5 Å². The molecule has 0 bridgehead atoms. The van der Waals surface area contributed by atoms with E-state index < -0.39 is 17.8 Å². The lowest BCUT2D eigenvalue weighted by Crippen LogP contribution is -2.30. The number of amides is 2. The van der Waals surface area contributed by atoms with Gasteiger partial charge in [-0.1, -0.05) is 19.3 Å². The first-order valence-electron chi connectivity index (χ1n) is 11.5. The van der Waals surface area contributed by atoms with Gasteiger partial charge in [0, 0.05) is 17.8 Å². The van der Waals surface area contributed by atoms with Crippen molar-refractivity contribution >= 4 is 29.2 Å². The van der Waals surface area contributed by atoms with E-state index >= 15 is 0 Å². The molecule has 1 aliphatic rings. The highest BCUT2D eigenvalue weighted by Crippen LogP contribution is 2.27. The predicted molar refractivity (Wildman–Crippen MR) is 131 cm³/mol. The van der Waals surface area contributed by atoms with E-state index in [1.165, 1.54) is 4.90 Å². The fourth-order valence-electron chi connectivity index (χ4n) is 3.68. The predicted octanol–water partition coefficient (Wildman–Crippen LogP) is 4.30. The second kappa shape index (κ2) is 12.5. The summed E-state index contributed by atoms with van der Waals surface area (Å²) in [4.78, 5) is 37.3. The third kappa shape index (κ3) is 7.23. The number of anilines is 2. The zero-order valence-electron chi connectivity index (χ0n) is 19.7. The Balaban J connectivity index is 1.45. The molecule has 35 heavy (non-hydrogen) atoms. The van der Waals surface area contributed by atoms with Crippen molar-refractivity contribution < 1.29 is 34.1 Å². The Morgan fingerprint density at radius 2 is 1.57 bits per heavy atom. The van der Waals surface area contributed by atoms with Crippen LogP contribution in [0.5, 0.6) is 11.5 Å². The van der Waals surface area contributed by atoms with E-state index in [9.17, 15) is 19.5 Å². The van der Waals surface area contributed by atoms with Gasteiger partial charge in [-0.2, -0.15) is 0 Å². The molecule has 0 fully saturated rings. The molecular formula is C26H30N2O7. The molecule has 0 saturated carbocycles. The second-order valence-corrected chi connectivity index (χ2v) is 8.15. The zero-order valence-corrected chi connectivity index (χ0v) is 19.7. The number of hydrogen-bond acceptors (Lipinski definition) is 6. The van der Waals surface area contributed by atoms with E-state index in [-0.39, 0.29) is 24.3 Å². The number of aliphatic carboxylic acids is 1. The van der Waals surface area contributed by atoms with Crippen molar-refractivity contribution in [3.8, 4) is 11.5 Å².